The fraction of sp³-hybridized carbons (Fsp3) is 0.429. The topological polar surface area (TPSA) is 153 Å². The number of carboxylic acids is 1. The van der Waals surface area contributed by atoms with Crippen molar-refractivity contribution in [1.29, 1.82) is 0 Å². The molecule has 0 spiro atoms. The summed E-state index contributed by atoms with van der Waals surface area (Å²) in [5.41, 5.74) is 1.67. The van der Waals surface area contributed by atoms with Crippen LogP contribution < -0.4 is 5.32 Å². The molecule has 0 saturated carbocycles. The summed E-state index contributed by atoms with van der Waals surface area (Å²) in [5.74, 6) is -2.19. The molecule has 1 aromatic heterocycles. The molecule has 1 aliphatic rings. The van der Waals surface area contributed by atoms with Crippen LogP contribution in [-0.2, 0) is 37.2 Å². The molecule has 2 aromatic carbocycles. The molecule has 214 valence electrons. The number of hydrogen-bond acceptors (Lipinski definition) is 7. The summed E-state index contributed by atoms with van der Waals surface area (Å²) < 4.78 is 23.1. The van der Waals surface area contributed by atoms with E-state index in [2.05, 4.69) is 15.3 Å². The number of benzene rings is 2. The second-order valence-electron chi connectivity index (χ2n) is 10.3. The maximum Gasteiger partial charge on any atom is 0.326 e. The molecule has 1 fully saturated rings. The van der Waals surface area contributed by atoms with Crippen LogP contribution in [0.15, 0.2) is 55.0 Å². The summed E-state index contributed by atoms with van der Waals surface area (Å²) in [6, 6.07) is 12.5. The maximum atomic E-state index is 13.1. The van der Waals surface area contributed by atoms with E-state index in [1.807, 2.05) is 52.3 Å². The third kappa shape index (κ3) is 8.12. The third-order valence-electron chi connectivity index (χ3n) is 7.11. The van der Waals surface area contributed by atoms with E-state index in [0.717, 1.165) is 35.4 Å². The van der Waals surface area contributed by atoms with E-state index in [1.54, 1.807) is 6.20 Å². The number of nitrogens with one attached hydrogen (secondary N) is 2. The Morgan fingerprint density at radius 2 is 1.98 bits per heavy atom. The predicted molar refractivity (Wildman–Crippen MR) is 150 cm³/mol. The number of hydrogen-bond donors (Lipinski definition) is 3. The Morgan fingerprint density at radius 1 is 1.20 bits per heavy atom. The number of carboxylic acid groups (broad SMARTS) is 1. The lowest BCUT2D eigenvalue weighted by molar-refractivity contribution is -0.142. The number of H-pyrrole nitrogens is 1. The van der Waals surface area contributed by atoms with Crippen LogP contribution in [0.1, 0.15) is 30.5 Å². The number of likely N-dealkylation sites (tertiary alicyclic amines) is 1. The highest BCUT2D eigenvalue weighted by Gasteiger charge is 2.31. The minimum absolute atomic E-state index is 0.0316. The van der Waals surface area contributed by atoms with Crippen molar-refractivity contribution < 1.29 is 27.9 Å². The van der Waals surface area contributed by atoms with Crippen molar-refractivity contribution in [3.8, 4) is 0 Å². The zero-order valence-electron chi connectivity index (χ0n) is 22.5. The SMILES string of the molecule is CS(=O)(=O)CCC(NC(=O)CN(Cc1cccc2ccccc12)C[C@@H]1CCCN1C(=O)Cc1c[nH]cn1)C(=O)O. The smallest absolute Gasteiger partial charge is 0.326 e. The first kappa shape index (κ1) is 29.2. The lowest BCUT2D eigenvalue weighted by atomic mass is 10.0. The molecule has 3 aromatic rings. The molecule has 3 N–H and O–H groups in total. The van der Waals surface area contributed by atoms with Gasteiger partial charge in [-0.05, 0) is 35.6 Å². The number of fused-ring (bicyclic) bond motifs is 1. The zero-order valence-corrected chi connectivity index (χ0v) is 23.3. The summed E-state index contributed by atoms with van der Waals surface area (Å²) in [4.78, 5) is 48.7. The van der Waals surface area contributed by atoms with Crippen LogP contribution in [0.2, 0.25) is 0 Å². The number of aromatic amines is 1. The molecule has 2 heterocycles. The van der Waals surface area contributed by atoms with Gasteiger partial charge in [0.1, 0.15) is 15.9 Å². The van der Waals surface area contributed by atoms with Gasteiger partial charge in [-0.1, -0.05) is 42.5 Å². The van der Waals surface area contributed by atoms with Crippen molar-refractivity contribution in [3.05, 3.63) is 66.2 Å². The van der Waals surface area contributed by atoms with Gasteiger partial charge in [0.2, 0.25) is 11.8 Å². The fourth-order valence-corrected chi connectivity index (χ4v) is 5.85. The van der Waals surface area contributed by atoms with Gasteiger partial charge in [0.05, 0.1) is 30.7 Å². The Labute approximate surface area is 233 Å². The van der Waals surface area contributed by atoms with Gasteiger partial charge in [0.25, 0.3) is 0 Å². The van der Waals surface area contributed by atoms with Gasteiger partial charge in [-0.15, -0.1) is 0 Å². The number of carbonyl (C=O) groups is 3. The lowest BCUT2D eigenvalue weighted by Crippen LogP contribution is -2.49. The first-order valence-corrected chi connectivity index (χ1v) is 15.3. The molecule has 40 heavy (non-hydrogen) atoms. The number of rotatable bonds is 13. The minimum atomic E-state index is -3.39. The Hall–Kier alpha value is -3.77. The quantitative estimate of drug-likeness (QED) is 0.281. The molecule has 0 radical (unpaired) electrons. The van der Waals surface area contributed by atoms with Crippen molar-refractivity contribution in [2.45, 2.75) is 44.3 Å². The van der Waals surface area contributed by atoms with Crippen molar-refractivity contribution in [2.24, 2.45) is 0 Å². The first-order valence-electron chi connectivity index (χ1n) is 13.2. The maximum absolute atomic E-state index is 13.1. The van der Waals surface area contributed by atoms with Gasteiger partial charge in [-0.2, -0.15) is 0 Å². The summed E-state index contributed by atoms with van der Waals surface area (Å²) >= 11 is 0. The van der Waals surface area contributed by atoms with Crippen LogP contribution in [-0.4, -0.2) is 94.8 Å². The summed E-state index contributed by atoms with van der Waals surface area (Å²) in [6.45, 7) is 1.34. The number of aliphatic carboxylic acids is 1. The number of aromatic nitrogens is 2. The van der Waals surface area contributed by atoms with Gasteiger partial charge < -0.3 is 20.3 Å². The fourth-order valence-electron chi connectivity index (χ4n) is 5.18. The van der Waals surface area contributed by atoms with Gasteiger partial charge in [-0.25, -0.2) is 18.2 Å². The molecule has 11 nitrogen and oxygen atoms in total. The second kappa shape index (κ2) is 13.1. The molecular formula is C28H35N5O6S. The van der Waals surface area contributed by atoms with Crippen molar-refractivity contribution in [3.63, 3.8) is 0 Å². The highest BCUT2D eigenvalue weighted by molar-refractivity contribution is 7.90. The average molecular weight is 570 g/mol. The van der Waals surface area contributed by atoms with E-state index >= 15 is 0 Å². The van der Waals surface area contributed by atoms with Gasteiger partial charge >= 0.3 is 5.97 Å². The molecule has 1 aliphatic heterocycles. The first-order chi connectivity index (χ1) is 19.1. The van der Waals surface area contributed by atoms with Crippen LogP contribution in [0.3, 0.4) is 0 Å². The van der Waals surface area contributed by atoms with Crippen molar-refractivity contribution >= 4 is 38.4 Å². The molecule has 1 saturated heterocycles. The highest BCUT2D eigenvalue weighted by atomic mass is 32.2. The van der Waals surface area contributed by atoms with Crippen molar-refractivity contribution in [1.82, 2.24) is 25.1 Å². The number of amides is 2. The molecule has 0 aliphatic carbocycles. The highest BCUT2D eigenvalue weighted by Crippen LogP contribution is 2.23. The van der Waals surface area contributed by atoms with Crippen LogP contribution in [0, 0.1) is 0 Å². The molecule has 1 unspecified atom stereocenters. The second-order valence-corrected chi connectivity index (χ2v) is 12.6. The summed E-state index contributed by atoms with van der Waals surface area (Å²) in [6.07, 6.45) is 5.85. The largest absolute Gasteiger partial charge is 0.480 e. The molecule has 0 bridgehead atoms. The van der Waals surface area contributed by atoms with Crippen LogP contribution in [0.25, 0.3) is 10.8 Å². The number of imidazole rings is 1. The minimum Gasteiger partial charge on any atom is -0.480 e. The van der Waals surface area contributed by atoms with Gasteiger partial charge in [-0.3, -0.25) is 14.5 Å². The Bertz CT molecular complexity index is 1440. The standard InChI is InChI=1S/C28H35N5O6S/c1-40(38,39)13-11-25(28(36)37)31-26(34)18-32(16-21-8-4-7-20-6-2-3-10-24(20)21)17-23-9-5-12-33(23)27(35)14-22-15-29-19-30-22/h2-4,6-8,10,15,19,23,25H,5,9,11-14,16-18H2,1H3,(H,29,30)(H,31,34)(H,36,37)/t23-,25?/m0/s1. The Balaban J connectivity index is 1.51. The van der Waals surface area contributed by atoms with Crippen molar-refractivity contribution in [2.75, 3.05) is 31.6 Å². The summed E-state index contributed by atoms with van der Waals surface area (Å²) in [5, 5.41) is 14.2. The van der Waals surface area contributed by atoms with E-state index in [0.29, 0.717) is 25.3 Å². The van der Waals surface area contributed by atoms with E-state index in [-0.39, 0.29) is 37.1 Å². The van der Waals surface area contributed by atoms with Crippen LogP contribution >= 0.6 is 0 Å². The third-order valence-corrected chi connectivity index (χ3v) is 8.08. The molecule has 2 amide bonds. The average Bonchev–Trinajstić information content (AvgIpc) is 3.58. The number of carbonyl (C=O) groups excluding carboxylic acids is 2. The molecule has 12 heteroatoms. The normalized spacial score (nSPS) is 16.4. The van der Waals surface area contributed by atoms with Gasteiger partial charge in [0, 0.05) is 38.1 Å². The van der Waals surface area contributed by atoms with E-state index in [1.165, 1.54) is 6.33 Å². The molecular weight excluding hydrogens is 534 g/mol. The molecule has 2 atom stereocenters. The van der Waals surface area contributed by atoms with Gasteiger partial charge in [0.15, 0.2) is 0 Å². The number of nitrogens with zero attached hydrogens (tertiary/aromatic N) is 3. The van der Waals surface area contributed by atoms with Crippen LogP contribution in [0.5, 0.6) is 0 Å². The van der Waals surface area contributed by atoms with E-state index < -0.39 is 27.8 Å². The zero-order chi connectivity index (χ0) is 28.7. The monoisotopic (exact) mass is 569 g/mol. The Morgan fingerprint density at radius 3 is 2.70 bits per heavy atom. The van der Waals surface area contributed by atoms with E-state index in [9.17, 15) is 27.9 Å². The Kier molecular flexibility index (Phi) is 9.54. The lowest BCUT2D eigenvalue weighted by Gasteiger charge is -2.31. The summed E-state index contributed by atoms with van der Waals surface area (Å²) in [7, 11) is -3.39. The molecule has 4 rings (SSSR count). The van der Waals surface area contributed by atoms with E-state index in [4.69, 9.17) is 0 Å². The predicted octanol–water partition coefficient (Wildman–Crippen LogP) is 1.60. The number of sulfone groups is 1. The van der Waals surface area contributed by atoms with Crippen LogP contribution in [0.4, 0.5) is 0 Å².